The molecule has 0 radical (unpaired) electrons. The van der Waals surface area contributed by atoms with E-state index < -0.39 is 0 Å². The van der Waals surface area contributed by atoms with Gasteiger partial charge in [0.25, 0.3) is 0 Å². The summed E-state index contributed by atoms with van der Waals surface area (Å²) in [7, 11) is 2.10. The van der Waals surface area contributed by atoms with Crippen LogP contribution in [0.15, 0.2) is 18.2 Å². The number of aromatic nitrogens is 1. The molecule has 3 heterocycles. The van der Waals surface area contributed by atoms with E-state index in [0.717, 1.165) is 44.6 Å². The SMILES string of the molecule is Cc1cccc(OC2CCN(C(=O)C3CCCN(C)C3)C2)n1. The van der Waals surface area contributed by atoms with Gasteiger partial charge in [-0.25, -0.2) is 4.98 Å². The van der Waals surface area contributed by atoms with Crippen molar-refractivity contribution in [2.45, 2.75) is 32.3 Å². The Hall–Kier alpha value is -1.62. The van der Waals surface area contributed by atoms with Crippen LogP contribution in [0, 0.1) is 12.8 Å². The van der Waals surface area contributed by atoms with Gasteiger partial charge in [-0.2, -0.15) is 0 Å². The van der Waals surface area contributed by atoms with E-state index in [1.165, 1.54) is 0 Å². The molecule has 3 rings (SSSR count). The lowest BCUT2D eigenvalue weighted by molar-refractivity contribution is -0.136. The highest BCUT2D eigenvalue weighted by Crippen LogP contribution is 2.22. The van der Waals surface area contributed by atoms with Crippen LogP contribution >= 0.6 is 0 Å². The average molecular weight is 303 g/mol. The Kier molecular flexibility index (Phi) is 4.62. The Balaban J connectivity index is 1.54. The first-order valence-electron chi connectivity index (χ1n) is 8.19. The lowest BCUT2D eigenvalue weighted by Crippen LogP contribution is -2.43. The number of aryl methyl sites for hydroxylation is 1. The number of hydrogen-bond donors (Lipinski definition) is 0. The molecule has 120 valence electrons. The summed E-state index contributed by atoms with van der Waals surface area (Å²) in [5.41, 5.74) is 0.952. The summed E-state index contributed by atoms with van der Waals surface area (Å²) in [4.78, 5) is 21.2. The quantitative estimate of drug-likeness (QED) is 0.853. The van der Waals surface area contributed by atoms with Crippen LogP contribution in [0.2, 0.25) is 0 Å². The fourth-order valence-corrected chi connectivity index (χ4v) is 3.41. The largest absolute Gasteiger partial charge is 0.472 e. The third-order valence-electron chi connectivity index (χ3n) is 4.58. The smallest absolute Gasteiger partial charge is 0.227 e. The first kappa shape index (κ1) is 15.3. The van der Waals surface area contributed by atoms with E-state index in [2.05, 4.69) is 16.9 Å². The molecular formula is C17H25N3O2. The highest BCUT2D eigenvalue weighted by molar-refractivity contribution is 5.79. The molecule has 5 heteroatoms. The summed E-state index contributed by atoms with van der Waals surface area (Å²) in [6.07, 6.45) is 3.10. The number of nitrogens with zero attached hydrogens (tertiary/aromatic N) is 3. The van der Waals surface area contributed by atoms with Crippen LogP contribution in [0.1, 0.15) is 25.0 Å². The van der Waals surface area contributed by atoms with E-state index in [4.69, 9.17) is 4.74 Å². The van der Waals surface area contributed by atoms with Crippen LogP contribution in [0.4, 0.5) is 0 Å². The van der Waals surface area contributed by atoms with Crippen molar-refractivity contribution in [3.63, 3.8) is 0 Å². The van der Waals surface area contributed by atoms with Gasteiger partial charge in [-0.3, -0.25) is 4.79 Å². The van der Waals surface area contributed by atoms with Crippen molar-refractivity contribution >= 4 is 5.91 Å². The maximum atomic E-state index is 12.6. The van der Waals surface area contributed by atoms with Crippen LogP contribution < -0.4 is 4.74 Å². The fraction of sp³-hybridized carbons (Fsp3) is 0.647. The molecule has 2 unspecified atom stereocenters. The lowest BCUT2D eigenvalue weighted by Gasteiger charge is -2.31. The second-order valence-electron chi connectivity index (χ2n) is 6.53. The zero-order valence-corrected chi connectivity index (χ0v) is 13.5. The topological polar surface area (TPSA) is 45.7 Å². The maximum Gasteiger partial charge on any atom is 0.227 e. The molecule has 0 spiro atoms. The first-order chi connectivity index (χ1) is 10.6. The van der Waals surface area contributed by atoms with Crippen molar-refractivity contribution < 1.29 is 9.53 Å². The molecule has 22 heavy (non-hydrogen) atoms. The summed E-state index contributed by atoms with van der Waals surface area (Å²) in [6, 6.07) is 5.79. The number of likely N-dealkylation sites (tertiary alicyclic amines) is 2. The van der Waals surface area contributed by atoms with Gasteiger partial charge in [0, 0.05) is 31.3 Å². The monoisotopic (exact) mass is 303 g/mol. The first-order valence-corrected chi connectivity index (χ1v) is 8.19. The van der Waals surface area contributed by atoms with Crippen molar-refractivity contribution in [3.05, 3.63) is 23.9 Å². The maximum absolute atomic E-state index is 12.6. The van der Waals surface area contributed by atoms with Gasteiger partial charge in [-0.1, -0.05) is 6.07 Å². The minimum absolute atomic E-state index is 0.0690. The average Bonchev–Trinajstić information content (AvgIpc) is 2.95. The molecule has 0 N–H and O–H groups in total. The predicted molar refractivity (Wildman–Crippen MR) is 84.8 cm³/mol. The van der Waals surface area contributed by atoms with Gasteiger partial charge in [0.05, 0.1) is 12.5 Å². The van der Waals surface area contributed by atoms with Crippen molar-refractivity contribution in [2.24, 2.45) is 5.92 Å². The van der Waals surface area contributed by atoms with E-state index in [0.29, 0.717) is 18.3 Å². The number of amides is 1. The van der Waals surface area contributed by atoms with E-state index in [1.807, 2.05) is 30.0 Å². The number of rotatable bonds is 3. The molecule has 2 aliphatic heterocycles. The molecule has 0 bridgehead atoms. The van der Waals surface area contributed by atoms with E-state index in [1.54, 1.807) is 0 Å². The number of carbonyl (C=O) groups is 1. The van der Waals surface area contributed by atoms with Crippen molar-refractivity contribution in [1.29, 1.82) is 0 Å². The molecule has 1 aromatic rings. The van der Waals surface area contributed by atoms with Gasteiger partial charge in [0.1, 0.15) is 6.10 Å². The number of hydrogen-bond acceptors (Lipinski definition) is 4. The fourth-order valence-electron chi connectivity index (χ4n) is 3.41. The van der Waals surface area contributed by atoms with Gasteiger partial charge in [0.2, 0.25) is 11.8 Å². The Morgan fingerprint density at radius 3 is 2.91 bits per heavy atom. The van der Waals surface area contributed by atoms with Gasteiger partial charge in [0.15, 0.2) is 0 Å². The van der Waals surface area contributed by atoms with Crippen LogP contribution in [-0.2, 0) is 4.79 Å². The normalized spacial score (nSPS) is 26.2. The minimum atomic E-state index is 0.0690. The highest BCUT2D eigenvalue weighted by atomic mass is 16.5. The van der Waals surface area contributed by atoms with Crippen LogP contribution in [-0.4, -0.2) is 60.0 Å². The molecule has 2 fully saturated rings. The second-order valence-corrected chi connectivity index (χ2v) is 6.53. The molecule has 2 saturated heterocycles. The van der Waals surface area contributed by atoms with Crippen molar-refractivity contribution in [1.82, 2.24) is 14.8 Å². The molecule has 0 aliphatic carbocycles. The Morgan fingerprint density at radius 1 is 1.27 bits per heavy atom. The van der Waals surface area contributed by atoms with Gasteiger partial charge in [-0.05, 0) is 39.4 Å². The second kappa shape index (κ2) is 6.65. The number of ether oxygens (including phenoxy) is 1. The van der Waals surface area contributed by atoms with Crippen LogP contribution in [0.5, 0.6) is 5.88 Å². The Bertz CT molecular complexity index is 534. The van der Waals surface area contributed by atoms with Crippen LogP contribution in [0.25, 0.3) is 0 Å². The third-order valence-corrected chi connectivity index (χ3v) is 4.58. The third kappa shape index (κ3) is 3.58. The highest BCUT2D eigenvalue weighted by Gasteiger charge is 2.33. The zero-order valence-electron chi connectivity index (χ0n) is 13.5. The number of piperidine rings is 1. The standard InChI is InChI=1S/C17H25N3O2/c1-13-5-3-7-16(18-13)22-15-8-10-20(12-15)17(21)14-6-4-9-19(2)11-14/h3,5,7,14-15H,4,6,8-12H2,1-2H3. The van der Waals surface area contributed by atoms with Crippen LogP contribution in [0.3, 0.4) is 0 Å². The summed E-state index contributed by atoms with van der Waals surface area (Å²) in [5, 5.41) is 0. The van der Waals surface area contributed by atoms with E-state index in [-0.39, 0.29) is 12.0 Å². The molecule has 2 aliphatic rings. The van der Waals surface area contributed by atoms with Gasteiger partial charge in [-0.15, -0.1) is 0 Å². The molecule has 5 nitrogen and oxygen atoms in total. The van der Waals surface area contributed by atoms with E-state index >= 15 is 0 Å². The minimum Gasteiger partial charge on any atom is -0.472 e. The van der Waals surface area contributed by atoms with Gasteiger partial charge < -0.3 is 14.5 Å². The summed E-state index contributed by atoms with van der Waals surface area (Å²) < 4.78 is 5.93. The Labute approximate surface area is 132 Å². The molecule has 1 aromatic heterocycles. The lowest BCUT2D eigenvalue weighted by atomic mass is 9.97. The molecule has 1 amide bonds. The number of carbonyl (C=O) groups excluding carboxylic acids is 1. The van der Waals surface area contributed by atoms with E-state index in [9.17, 15) is 4.79 Å². The van der Waals surface area contributed by atoms with Crippen molar-refractivity contribution in [3.8, 4) is 5.88 Å². The van der Waals surface area contributed by atoms with Crippen molar-refractivity contribution in [2.75, 3.05) is 33.2 Å². The molecular weight excluding hydrogens is 278 g/mol. The molecule has 2 atom stereocenters. The zero-order chi connectivity index (χ0) is 15.5. The predicted octanol–water partition coefficient (Wildman–Crippen LogP) is 1.71. The summed E-state index contributed by atoms with van der Waals surface area (Å²) in [6.45, 7) is 5.44. The molecule has 0 saturated carbocycles. The summed E-state index contributed by atoms with van der Waals surface area (Å²) in [5.74, 6) is 1.13. The summed E-state index contributed by atoms with van der Waals surface area (Å²) >= 11 is 0. The Morgan fingerprint density at radius 2 is 2.14 bits per heavy atom. The number of pyridine rings is 1. The molecule has 0 aromatic carbocycles. The van der Waals surface area contributed by atoms with Gasteiger partial charge >= 0.3 is 0 Å².